The minimum Gasteiger partial charge on any atom is -0.388 e. The van der Waals surface area contributed by atoms with E-state index in [2.05, 4.69) is 20.3 Å². The Morgan fingerprint density at radius 2 is 2.33 bits per heavy atom. The second-order valence-electron chi connectivity index (χ2n) is 4.91. The number of aliphatic hydroxyl groups is 1. The van der Waals surface area contributed by atoms with Gasteiger partial charge in [0.25, 0.3) is 0 Å². The van der Waals surface area contributed by atoms with Crippen LogP contribution in [0.3, 0.4) is 0 Å². The average Bonchev–Trinajstić information content (AvgIpc) is 2.74. The van der Waals surface area contributed by atoms with E-state index in [4.69, 9.17) is 5.73 Å². The van der Waals surface area contributed by atoms with Gasteiger partial charge in [0.1, 0.15) is 11.8 Å². The van der Waals surface area contributed by atoms with E-state index >= 15 is 0 Å². The summed E-state index contributed by atoms with van der Waals surface area (Å²) < 4.78 is 1.87. The fourth-order valence-electron chi connectivity index (χ4n) is 2.46. The van der Waals surface area contributed by atoms with Crippen molar-refractivity contribution in [1.29, 1.82) is 0 Å². The van der Waals surface area contributed by atoms with Crippen LogP contribution in [-0.2, 0) is 0 Å². The summed E-state index contributed by atoms with van der Waals surface area (Å²) in [5.41, 5.74) is 6.23. The van der Waals surface area contributed by atoms with Crippen LogP contribution in [0.5, 0.6) is 0 Å². The number of nitrogens with one attached hydrogen (secondary N) is 1. The topological polar surface area (TPSA) is 102 Å². The Morgan fingerprint density at radius 1 is 1.50 bits per heavy atom. The monoisotopic (exact) mass is 248 g/mol. The van der Waals surface area contributed by atoms with Crippen LogP contribution < -0.4 is 11.1 Å². The van der Waals surface area contributed by atoms with Crippen LogP contribution in [0.2, 0.25) is 0 Å². The molecular formula is C11H16N6O. The summed E-state index contributed by atoms with van der Waals surface area (Å²) in [5.74, 6) is 0.363. The van der Waals surface area contributed by atoms with Crippen LogP contribution in [0.1, 0.15) is 19.4 Å². The lowest BCUT2D eigenvalue weighted by Gasteiger charge is -2.38. The molecule has 0 aromatic carbocycles. The number of rotatable bonds is 1. The fourth-order valence-corrected chi connectivity index (χ4v) is 2.46. The van der Waals surface area contributed by atoms with E-state index in [1.807, 2.05) is 11.5 Å². The van der Waals surface area contributed by atoms with Crippen molar-refractivity contribution in [3.63, 3.8) is 0 Å². The minimum atomic E-state index is -0.779. The second kappa shape index (κ2) is 3.89. The predicted octanol–water partition coefficient (Wildman–Crippen LogP) is -0.306. The zero-order chi connectivity index (χ0) is 12.8. The fraction of sp³-hybridized carbons (Fsp3) is 0.545. The van der Waals surface area contributed by atoms with Gasteiger partial charge in [-0.05, 0) is 19.9 Å². The van der Waals surface area contributed by atoms with Gasteiger partial charge in [-0.3, -0.25) is 0 Å². The normalized spacial score (nSPS) is 28.7. The highest BCUT2D eigenvalue weighted by atomic mass is 16.3. The first-order valence-corrected chi connectivity index (χ1v) is 5.96. The van der Waals surface area contributed by atoms with Crippen molar-refractivity contribution in [2.45, 2.75) is 25.0 Å². The smallest absolute Gasteiger partial charge is 0.165 e. The summed E-state index contributed by atoms with van der Waals surface area (Å²) in [6.07, 6.45) is 3.78. The average molecular weight is 248 g/mol. The van der Waals surface area contributed by atoms with Crippen molar-refractivity contribution in [2.75, 3.05) is 18.8 Å². The quantitative estimate of drug-likeness (QED) is 0.640. The first kappa shape index (κ1) is 11.4. The van der Waals surface area contributed by atoms with Crippen molar-refractivity contribution < 1.29 is 5.11 Å². The van der Waals surface area contributed by atoms with Crippen molar-refractivity contribution >= 4 is 17.0 Å². The number of hydrogen-bond donors (Lipinski definition) is 3. The predicted molar refractivity (Wildman–Crippen MR) is 66.9 cm³/mol. The SMILES string of the molecule is C[C@@]1(O)CCNC[C@H]1n1cnc2c(N)ncnc21. The lowest BCUT2D eigenvalue weighted by Crippen LogP contribution is -2.49. The van der Waals surface area contributed by atoms with Crippen molar-refractivity contribution in [2.24, 2.45) is 0 Å². The first-order valence-electron chi connectivity index (χ1n) is 5.96. The number of fused-ring (bicyclic) bond motifs is 1. The van der Waals surface area contributed by atoms with E-state index in [9.17, 15) is 5.11 Å². The van der Waals surface area contributed by atoms with Crippen molar-refractivity contribution in [3.05, 3.63) is 12.7 Å². The number of aromatic nitrogens is 4. The number of nitrogen functional groups attached to an aromatic ring is 1. The molecule has 0 spiro atoms. The summed E-state index contributed by atoms with van der Waals surface area (Å²) in [7, 11) is 0. The summed E-state index contributed by atoms with van der Waals surface area (Å²) in [4.78, 5) is 12.4. The molecule has 7 nitrogen and oxygen atoms in total. The molecule has 0 radical (unpaired) electrons. The maximum Gasteiger partial charge on any atom is 0.165 e. The lowest BCUT2D eigenvalue weighted by atomic mass is 9.89. The van der Waals surface area contributed by atoms with Gasteiger partial charge in [-0.1, -0.05) is 0 Å². The first-order chi connectivity index (χ1) is 8.59. The maximum atomic E-state index is 10.5. The summed E-state index contributed by atoms with van der Waals surface area (Å²) in [6.45, 7) is 3.34. The second-order valence-corrected chi connectivity index (χ2v) is 4.91. The molecule has 1 saturated heterocycles. The largest absolute Gasteiger partial charge is 0.388 e. The van der Waals surface area contributed by atoms with E-state index in [0.29, 0.717) is 29.9 Å². The number of nitrogens with zero attached hydrogens (tertiary/aromatic N) is 4. The number of hydrogen-bond acceptors (Lipinski definition) is 6. The molecule has 0 bridgehead atoms. The Balaban J connectivity index is 2.11. The molecule has 1 aliphatic heterocycles. The standard InChI is InChI=1S/C11H16N6O/c1-11(18)2-3-13-4-7(11)17-6-16-8-9(12)14-5-15-10(8)17/h5-7,13,18H,2-4H2,1H3,(H2,12,14,15)/t7-,11-/m1/s1. The number of imidazole rings is 1. The van der Waals surface area contributed by atoms with Gasteiger partial charge in [0.15, 0.2) is 11.5 Å². The molecule has 7 heteroatoms. The summed E-state index contributed by atoms with van der Waals surface area (Å²) >= 11 is 0. The van der Waals surface area contributed by atoms with Crippen LogP contribution in [0.4, 0.5) is 5.82 Å². The van der Waals surface area contributed by atoms with Crippen LogP contribution in [0.25, 0.3) is 11.2 Å². The zero-order valence-corrected chi connectivity index (χ0v) is 10.2. The van der Waals surface area contributed by atoms with Crippen molar-refractivity contribution in [3.8, 4) is 0 Å². The molecule has 1 fully saturated rings. The number of anilines is 1. The van der Waals surface area contributed by atoms with E-state index in [0.717, 1.165) is 6.54 Å². The molecule has 96 valence electrons. The van der Waals surface area contributed by atoms with E-state index in [-0.39, 0.29) is 6.04 Å². The molecule has 3 heterocycles. The van der Waals surface area contributed by atoms with Gasteiger partial charge >= 0.3 is 0 Å². The van der Waals surface area contributed by atoms with Gasteiger partial charge in [0, 0.05) is 6.54 Å². The highest BCUT2D eigenvalue weighted by molar-refractivity contribution is 5.81. The van der Waals surface area contributed by atoms with Gasteiger partial charge in [-0.15, -0.1) is 0 Å². The minimum absolute atomic E-state index is 0.106. The highest BCUT2D eigenvalue weighted by Gasteiger charge is 2.36. The van der Waals surface area contributed by atoms with Gasteiger partial charge in [0.05, 0.1) is 18.0 Å². The number of piperidine rings is 1. The molecule has 0 aliphatic carbocycles. The molecule has 0 amide bonds. The third-order valence-electron chi connectivity index (χ3n) is 3.59. The Hall–Kier alpha value is -1.73. The Bertz CT molecular complexity index is 578. The molecular weight excluding hydrogens is 232 g/mol. The number of nitrogens with two attached hydrogens (primary N) is 1. The molecule has 4 N–H and O–H groups in total. The highest BCUT2D eigenvalue weighted by Crippen LogP contribution is 2.30. The van der Waals surface area contributed by atoms with Gasteiger partial charge < -0.3 is 20.7 Å². The molecule has 3 rings (SSSR count). The summed E-state index contributed by atoms with van der Waals surface area (Å²) in [6, 6.07) is -0.106. The molecule has 0 saturated carbocycles. The molecule has 2 aromatic heterocycles. The third-order valence-corrected chi connectivity index (χ3v) is 3.59. The van der Waals surface area contributed by atoms with Crippen molar-refractivity contribution in [1.82, 2.24) is 24.8 Å². The van der Waals surface area contributed by atoms with Crippen LogP contribution in [0.15, 0.2) is 12.7 Å². The lowest BCUT2D eigenvalue weighted by molar-refractivity contribution is -0.0159. The van der Waals surface area contributed by atoms with E-state index < -0.39 is 5.60 Å². The summed E-state index contributed by atoms with van der Waals surface area (Å²) in [5, 5.41) is 13.7. The molecule has 18 heavy (non-hydrogen) atoms. The van der Waals surface area contributed by atoms with Crippen LogP contribution in [-0.4, -0.2) is 43.3 Å². The third kappa shape index (κ3) is 1.63. The molecule has 2 aromatic rings. The molecule has 1 aliphatic rings. The maximum absolute atomic E-state index is 10.5. The van der Waals surface area contributed by atoms with E-state index in [1.165, 1.54) is 6.33 Å². The van der Waals surface area contributed by atoms with E-state index in [1.54, 1.807) is 6.33 Å². The Morgan fingerprint density at radius 3 is 3.11 bits per heavy atom. The Kier molecular flexibility index (Phi) is 2.46. The molecule has 0 unspecified atom stereocenters. The zero-order valence-electron chi connectivity index (χ0n) is 10.2. The van der Waals surface area contributed by atoms with Gasteiger partial charge in [-0.25, -0.2) is 15.0 Å². The van der Waals surface area contributed by atoms with Gasteiger partial charge in [-0.2, -0.15) is 0 Å². The Labute approximate surface area is 104 Å². The van der Waals surface area contributed by atoms with Crippen LogP contribution in [0, 0.1) is 0 Å². The van der Waals surface area contributed by atoms with Crippen LogP contribution >= 0.6 is 0 Å². The molecule has 2 atom stereocenters. The van der Waals surface area contributed by atoms with Gasteiger partial charge in [0.2, 0.25) is 0 Å².